The van der Waals surface area contributed by atoms with E-state index in [1.165, 1.54) is 0 Å². The van der Waals surface area contributed by atoms with Gasteiger partial charge >= 0.3 is 5.97 Å². The van der Waals surface area contributed by atoms with Crippen molar-refractivity contribution in [2.75, 3.05) is 0 Å². The number of unbranched alkanes of at least 4 members (excludes halogenated alkanes) is 2. The molecule has 0 fully saturated rings. The first-order chi connectivity index (χ1) is 6.38. The van der Waals surface area contributed by atoms with Crippen LogP contribution >= 0.6 is 0 Å². The van der Waals surface area contributed by atoms with Crippen molar-refractivity contribution in [3.8, 4) is 0 Å². The largest absolute Gasteiger partial charge is 0.481 e. The standard InChI is InChI=1S/C10H18F2O2/c1-3-4-5-6-8(7-9(13)14)10(2,11)12/h8H,3-7H2,1-2H3,(H,13,14). The third-order valence-corrected chi connectivity index (χ3v) is 2.29. The van der Waals surface area contributed by atoms with Crippen molar-refractivity contribution in [3.63, 3.8) is 0 Å². The molecule has 1 N–H and O–H groups in total. The second-order valence-corrected chi connectivity index (χ2v) is 3.75. The van der Waals surface area contributed by atoms with Gasteiger partial charge in [-0.3, -0.25) is 4.79 Å². The summed E-state index contributed by atoms with van der Waals surface area (Å²) < 4.78 is 25.8. The smallest absolute Gasteiger partial charge is 0.303 e. The first-order valence-corrected chi connectivity index (χ1v) is 4.97. The van der Waals surface area contributed by atoms with Crippen LogP contribution in [0.25, 0.3) is 0 Å². The zero-order chi connectivity index (χ0) is 11.2. The number of hydrogen-bond donors (Lipinski definition) is 1. The predicted octanol–water partition coefficient (Wildman–Crippen LogP) is 3.31. The summed E-state index contributed by atoms with van der Waals surface area (Å²) in [4.78, 5) is 10.4. The maximum atomic E-state index is 12.9. The van der Waals surface area contributed by atoms with E-state index in [4.69, 9.17) is 5.11 Å². The van der Waals surface area contributed by atoms with Crippen molar-refractivity contribution in [1.82, 2.24) is 0 Å². The highest BCUT2D eigenvalue weighted by Gasteiger charge is 2.34. The highest BCUT2D eigenvalue weighted by Crippen LogP contribution is 2.31. The molecular weight excluding hydrogens is 190 g/mol. The Morgan fingerprint density at radius 2 is 2.00 bits per heavy atom. The van der Waals surface area contributed by atoms with Crippen LogP contribution in [0.2, 0.25) is 0 Å². The molecule has 0 saturated heterocycles. The van der Waals surface area contributed by atoms with Crippen LogP contribution in [-0.4, -0.2) is 17.0 Å². The van der Waals surface area contributed by atoms with Gasteiger partial charge in [-0.1, -0.05) is 26.2 Å². The molecule has 0 rings (SSSR count). The quantitative estimate of drug-likeness (QED) is 0.652. The highest BCUT2D eigenvalue weighted by atomic mass is 19.3. The summed E-state index contributed by atoms with van der Waals surface area (Å²) in [5, 5.41) is 8.47. The van der Waals surface area contributed by atoms with Crippen LogP contribution in [-0.2, 0) is 4.79 Å². The highest BCUT2D eigenvalue weighted by molar-refractivity contribution is 5.67. The molecular formula is C10H18F2O2. The van der Waals surface area contributed by atoms with Gasteiger partial charge in [-0.15, -0.1) is 0 Å². The Labute approximate surface area is 83.3 Å². The third-order valence-electron chi connectivity index (χ3n) is 2.29. The number of alkyl halides is 2. The number of hydrogen-bond acceptors (Lipinski definition) is 1. The zero-order valence-electron chi connectivity index (χ0n) is 8.72. The van der Waals surface area contributed by atoms with E-state index in [1.54, 1.807) is 0 Å². The van der Waals surface area contributed by atoms with Crippen LogP contribution in [0.5, 0.6) is 0 Å². The van der Waals surface area contributed by atoms with Gasteiger partial charge in [0.1, 0.15) is 0 Å². The lowest BCUT2D eigenvalue weighted by atomic mass is 9.92. The summed E-state index contributed by atoms with van der Waals surface area (Å²) in [6, 6.07) is 0. The Morgan fingerprint density at radius 3 is 2.36 bits per heavy atom. The zero-order valence-corrected chi connectivity index (χ0v) is 8.72. The molecule has 0 aromatic heterocycles. The van der Waals surface area contributed by atoms with E-state index in [2.05, 4.69) is 0 Å². The van der Waals surface area contributed by atoms with E-state index < -0.39 is 24.2 Å². The summed E-state index contributed by atoms with van der Waals surface area (Å²) >= 11 is 0. The summed E-state index contributed by atoms with van der Waals surface area (Å²) in [5.74, 6) is -5.05. The molecule has 0 radical (unpaired) electrons. The van der Waals surface area contributed by atoms with Crippen molar-refractivity contribution in [2.45, 2.75) is 51.9 Å². The van der Waals surface area contributed by atoms with Crippen molar-refractivity contribution in [1.29, 1.82) is 0 Å². The number of carbonyl (C=O) groups is 1. The van der Waals surface area contributed by atoms with Crippen LogP contribution < -0.4 is 0 Å². The first kappa shape index (κ1) is 13.3. The molecule has 0 bridgehead atoms. The van der Waals surface area contributed by atoms with Gasteiger partial charge in [-0.05, 0) is 13.3 Å². The number of rotatable bonds is 7. The lowest BCUT2D eigenvalue weighted by molar-refractivity contribution is -0.142. The Bertz CT molecular complexity index is 175. The first-order valence-electron chi connectivity index (χ1n) is 4.97. The summed E-state index contributed by atoms with van der Waals surface area (Å²) in [5.41, 5.74) is 0. The number of aliphatic carboxylic acids is 1. The maximum absolute atomic E-state index is 12.9. The van der Waals surface area contributed by atoms with Gasteiger partial charge in [-0.25, -0.2) is 8.78 Å². The monoisotopic (exact) mass is 208 g/mol. The van der Waals surface area contributed by atoms with Gasteiger partial charge in [0, 0.05) is 5.92 Å². The second-order valence-electron chi connectivity index (χ2n) is 3.75. The Balaban J connectivity index is 4.05. The molecule has 84 valence electrons. The summed E-state index contributed by atoms with van der Waals surface area (Å²) in [7, 11) is 0. The topological polar surface area (TPSA) is 37.3 Å². The molecule has 0 heterocycles. The Kier molecular flexibility index (Phi) is 5.65. The van der Waals surface area contributed by atoms with Crippen molar-refractivity contribution in [2.24, 2.45) is 5.92 Å². The lowest BCUT2D eigenvalue weighted by Crippen LogP contribution is -2.26. The molecule has 0 aliphatic carbocycles. The average Bonchev–Trinajstić information content (AvgIpc) is 2.00. The average molecular weight is 208 g/mol. The molecule has 0 aliphatic heterocycles. The molecule has 0 aliphatic rings. The van der Waals surface area contributed by atoms with Crippen molar-refractivity contribution in [3.05, 3.63) is 0 Å². The molecule has 0 aromatic carbocycles. The van der Waals surface area contributed by atoms with Crippen molar-refractivity contribution < 1.29 is 18.7 Å². The predicted molar refractivity (Wildman–Crippen MR) is 50.5 cm³/mol. The molecule has 0 spiro atoms. The van der Waals surface area contributed by atoms with Gasteiger partial charge in [0.05, 0.1) is 6.42 Å². The fraction of sp³-hybridized carbons (Fsp3) is 0.900. The van der Waals surface area contributed by atoms with E-state index in [-0.39, 0.29) is 0 Å². The molecule has 0 aromatic rings. The van der Waals surface area contributed by atoms with Gasteiger partial charge in [0.15, 0.2) is 0 Å². The van der Waals surface area contributed by atoms with E-state index >= 15 is 0 Å². The second kappa shape index (κ2) is 5.94. The van der Waals surface area contributed by atoms with Crippen LogP contribution in [0.15, 0.2) is 0 Å². The molecule has 1 unspecified atom stereocenters. The Morgan fingerprint density at radius 1 is 1.43 bits per heavy atom. The summed E-state index contributed by atoms with van der Waals surface area (Å²) in [6.45, 7) is 2.78. The van der Waals surface area contributed by atoms with Crippen molar-refractivity contribution >= 4 is 5.97 Å². The molecule has 1 atom stereocenters. The lowest BCUT2D eigenvalue weighted by Gasteiger charge is -2.21. The molecule has 2 nitrogen and oxygen atoms in total. The van der Waals surface area contributed by atoms with Gasteiger partial charge in [0.2, 0.25) is 5.92 Å². The van der Waals surface area contributed by atoms with E-state index in [9.17, 15) is 13.6 Å². The maximum Gasteiger partial charge on any atom is 0.303 e. The number of carboxylic acid groups (broad SMARTS) is 1. The fourth-order valence-corrected chi connectivity index (χ4v) is 1.39. The molecule has 0 saturated carbocycles. The van der Waals surface area contributed by atoms with Crippen LogP contribution in [0.1, 0.15) is 46.0 Å². The number of carboxylic acids is 1. The van der Waals surface area contributed by atoms with Gasteiger partial charge < -0.3 is 5.11 Å². The minimum atomic E-state index is -2.88. The minimum Gasteiger partial charge on any atom is -0.481 e. The molecule has 4 heteroatoms. The third kappa shape index (κ3) is 5.89. The van der Waals surface area contributed by atoms with Gasteiger partial charge in [-0.2, -0.15) is 0 Å². The summed E-state index contributed by atoms with van der Waals surface area (Å²) in [6.07, 6.45) is 2.37. The molecule has 14 heavy (non-hydrogen) atoms. The van der Waals surface area contributed by atoms with E-state index in [0.29, 0.717) is 12.8 Å². The van der Waals surface area contributed by atoms with E-state index in [0.717, 1.165) is 19.8 Å². The van der Waals surface area contributed by atoms with Gasteiger partial charge in [0.25, 0.3) is 0 Å². The number of halogens is 2. The minimum absolute atomic E-state index is 0.295. The van der Waals surface area contributed by atoms with Crippen LogP contribution in [0.3, 0.4) is 0 Å². The SMILES string of the molecule is CCCCCC(CC(=O)O)C(C)(F)F. The van der Waals surface area contributed by atoms with Crippen LogP contribution in [0, 0.1) is 5.92 Å². The Hall–Kier alpha value is -0.670. The normalized spacial score (nSPS) is 14.0. The van der Waals surface area contributed by atoms with E-state index in [1.807, 2.05) is 6.92 Å². The fourth-order valence-electron chi connectivity index (χ4n) is 1.39. The molecule has 0 amide bonds. The van der Waals surface area contributed by atoms with Crippen LogP contribution in [0.4, 0.5) is 8.78 Å².